The highest BCUT2D eigenvalue weighted by Gasteiger charge is 2.32. The van der Waals surface area contributed by atoms with Crippen molar-refractivity contribution in [1.29, 1.82) is 0 Å². The number of hydrogen-bond donors (Lipinski definition) is 7. The molecule has 0 heterocycles. The van der Waals surface area contributed by atoms with Crippen molar-refractivity contribution in [3.05, 3.63) is 29.8 Å². The van der Waals surface area contributed by atoms with Crippen LogP contribution in [0.3, 0.4) is 0 Å². The molecular weight excluding hydrogens is 596 g/mol. The predicted octanol–water partition coefficient (Wildman–Crippen LogP) is 0.653. The van der Waals surface area contributed by atoms with Gasteiger partial charge in [0.05, 0.1) is 11.7 Å². The maximum Gasteiger partial charge on any atom is 0.312 e. The minimum atomic E-state index is -4.52. The number of primary amides is 1. The number of nitrogens with two attached hydrogens (primary N) is 1. The Morgan fingerprint density at radius 1 is 0.886 bits per heavy atom. The van der Waals surface area contributed by atoms with Crippen LogP contribution in [-0.2, 0) is 40.6 Å². The summed E-state index contributed by atoms with van der Waals surface area (Å²) in [5, 5.41) is 13.0. The summed E-state index contributed by atoms with van der Waals surface area (Å²) in [5.41, 5.74) is 6.21. The lowest BCUT2D eigenvalue weighted by atomic mass is 10.0. The number of esters is 1. The number of hydrogen-bond acceptors (Lipinski definition) is 9. The van der Waals surface area contributed by atoms with Crippen LogP contribution in [0.5, 0.6) is 0 Å². The van der Waals surface area contributed by atoms with E-state index < -0.39 is 63.7 Å². The fourth-order valence-corrected chi connectivity index (χ4v) is 4.55. The van der Waals surface area contributed by atoms with E-state index in [0.717, 1.165) is 0 Å². The third-order valence-corrected chi connectivity index (χ3v) is 6.91. The van der Waals surface area contributed by atoms with Crippen molar-refractivity contribution in [2.75, 3.05) is 17.6 Å². The largest absolute Gasteiger partial charge is 0.461 e. The van der Waals surface area contributed by atoms with Gasteiger partial charge in [-0.25, -0.2) is 4.79 Å². The zero-order chi connectivity index (χ0) is 33.6. The molecule has 15 nitrogen and oxygen atoms in total. The Labute approximate surface area is 258 Å². The average Bonchev–Trinajstić information content (AvgIpc) is 2.90. The molecule has 8 N–H and O–H groups in total. The molecule has 0 saturated carbocycles. The molecule has 0 unspecified atom stereocenters. The van der Waals surface area contributed by atoms with Crippen LogP contribution in [0.15, 0.2) is 24.3 Å². The molecule has 248 valence electrons. The van der Waals surface area contributed by atoms with Gasteiger partial charge < -0.3 is 37.1 Å². The summed E-state index contributed by atoms with van der Waals surface area (Å²) in [4.78, 5) is 62.3. The zero-order valence-corrected chi connectivity index (χ0v) is 26.8. The van der Waals surface area contributed by atoms with Crippen LogP contribution in [0.1, 0.15) is 59.9 Å². The molecule has 1 aromatic carbocycles. The zero-order valence-electron chi connectivity index (χ0n) is 26.0. The van der Waals surface area contributed by atoms with Crippen LogP contribution in [-0.4, -0.2) is 79.2 Å². The van der Waals surface area contributed by atoms with Crippen LogP contribution in [0.2, 0.25) is 0 Å². The number of carbonyl (C=O) groups is 5. The van der Waals surface area contributed by atoms with Crippen molar-refractivity contribution < 1.29 is 41.7 Å². The summed E-state index contributed by atoms with van der Waals surface area (Å²) in [5.74, 6) is -4.08. The van der Waals surface area contributed by atoms with E-state index in [1.54, 1.807) is 65.8 Å². The van der Waals surface area contributed by atoms with E-state index in [4.69, 9.17) is 10.5 Å². The van der Waals surface area contributed by atoms with E-state index in [2.05, 4.69) is 26.6 Å². The Bertz CT molecular complexity index is 1240. The highest BCUT2D eigenvalue weighted by Crippen LogP contribution is 2.13. The third kappa shape index (κ3) is 15.1. The number of amides is 5. The van der Waals surface area contributed by atoms with Gasteiger partial charge in [0, 0.05) is 18.3 Å². The van der Waals surface area contributed by atoms with E-state index in [1.807, 2.05) is 0 Å². The number of nitrogens with one attached hydrogen (secondary N) is 5. The summed E-state index contributed by atoms with van der Waals surface area (Å²) < 4.78 is 37.5. The summed E-state index contributed by atoms with van der Waals surface area (Å²) in [6.45, 7) is 10.3. The van der Waals surface area contributed by atoms with E-state index in [0.29, 0.717) is 11.3 Å². The molecule has 0 bridgehead atoms. The van der Waals surface area contributed by atoms with Gasteiger partial charge in [-0.15, -0.1) is 0 Å². The Hall–Kier alpha value is -3.76. The first-order valence-electron chi connectivity index (χ1n) is 14.3. The number of ether oxygens (including phenoxy) is 1. The van der Waals surface area contributed by atoms with Crippen LogP contribution in [0.25, 0.3) is 0 Å². The molecule has 5 amide bonds. The van der Waals surface area contributed by atoms with Gasteiger partial charge in [0.2, 0.25) is 17.7 Å². The molecule has 0 aliphatic heterocycles. The van der Waals surface area contributed by atoms with Gasteiger partial charge in [0.15, 0.2) is 0 Å². The highest BCUT2D eigenvalue weighted by molar-refractivity contribution is 7.85. The summed E-state index contributed by atoms with van der Waals surface area (Å²) in [6, 6.07) is 1.91. The van der Waals surface area contributed by atoms with Crippen LogP contribution < -0.4 is 32.3 Å². The topological polar surface area (TPSA) is 235 Å². The van der Waals surface area contributed by atoms with Crippen molar-refractivity contribution in [1.82, 2.24) is 21.3 Å². The Morgan fingerprint density at radius 2 is 1.50 bits per heavy atom. The number of carbonyl (C=O) groups excluding carboxylic acids is 5. The van der Waals surface area contributed by atoms with E-state index in [9.17, 15) is 36.9 Å². The van der Waals surface area contributed by atoms with Gasteiger partial charge in [-0.05, 0) is 36.5 Å². The smallest absolute Gasteiger partial charge is 0.312 e. The maximum absolute atomic E-state index is 13.4. The van der Waals surface area contributed by atoms with Gasteiger partial charge >= 0.3 is 12.0 Å². The van der Waals surface area contributed by atoms with Crippen LogP contribution in [0, 0.1) is 11.8 Å². The van der Waals surface area contributed by atoms with Crippen molar-refractivity contribution in [2.45, 2.75) is 85.2 Å². The summed E-state index contributed by atoms with van der Waals surface area (Å²) in [7, 11) is -4.52. The molecule has 0 aliphatic rings. The first kappa shape index (κ1) is 38.3. The lowest BCUT2D eigenvalue weighted by Crippen LogP contribution is -2.59. The lowest BCUT2D eigenvalue weighted by Gasteiger charge is -2.27. The number of rotatable bonds is 18. The normalized spacial score (nSPS) is 13.6. The Kier molecular flexibility index (Phi) is 15.8. The van der Waals surface area contributed by atoms with E-state index in [1.165, 1.54) is 0 Å². The van der Waals surface area contributed by atoms with E-state index >= 15 is 0 Å². The number of benzene rings is 1. The fraction of sp³-hybridized carbons (Fsp3) is 0.607. The van der Waals surface area contributed by atoms with Crippen LogP contribution >= 0.6 is 0 Å². The molecule has 0 spiro atoms. The van der Waals surface area contributed by atoms with Gasteiger partial charge in [0.1, 0.15) is 24.7 Å². The minimum absolute atomic E-state index is 0.0663. The standard InChI is InChI=1S/C28H46N6O9S/c1-16(2)23(34-25(36)22(31-18(5)6)15-44(40,41)42)26(37)33-21(8-7-13-30-28(29)39)24(35)32-20-11-9-19(10-12-20)14-43-27(38)17(3)4/h9-12,16-18,21-23,31H,7-8,13-15H2,1-6H3,(H,32,35)(H,33,37)(H,34,36)(H3,29,30,39)(H,40,41,42)/t21-,22-,23+/m0/s1. The van der Waals surface area contributed by atoms with E-state index in [-0.39, 0.29) is 43.9 Å². The number of urea groups is 1. The lowest BCUT2D eigenvalue weighted by molar-refractivity contribution is -0.148. The minimum Gasteiger partial charge on any atom is -0.461 e. The van der Waals surface area contributed by atoms with Gasteiger partial charge in [-0.1, -0.05) is 53.7 Å². The van der Waals surface area contributed by atoms with Gasteiger partial charge in [-0.2, -0.15) is 8.42 Å². The van der Waals surface area contributed by atoms with Crippen LogP contribution in [0.4, 0.5) is 10.5 Å². The first-order valence-corrected chi connectivity index (χ1v) is 15.9. The predicted molar refractivity (Wildman–Crippen MR) is 164 cm³/mol. The molecule has 1 rings (SSSR count). The summed E-state index contributed by atoms with van der Waals surface area (Å²) >= 11 is 0. The Morgan fingerprint density at radius 3 is 2.00 bits per heavy atom. The monoisotopic (exact) mass is 642 g/mol. The molecule has 44 heavy (non-hydrogen) atoms. The summed E-state index contributed by atoms with van der Waals surface area (Å²) in [6.07, 6.45) is 0.370. The molecule has 1 aromatic rings. The van der Waals surface area contributed by atoms with Crippen molar-refractivity contribution in [3.8, 4) is 0 Å². The van der Waals surface area contributed by atoms with Crippen molar-refractivity contribution in [2.24, 2.45) is 17.6 Å². The van der Waals surface area contributed by atoms with Gasteiger partial charge in [0.25, 0.3) is 10.1 Å². The molecule has 3 atom stereocenters. The number of anilines is 1. The average molecular weight is 643 g/mol. The molecule has 0 aromatic heterocycles. The highest BCUT2D eigenvalue weighted by atomic mass is 32.2. The Balaban J connectivity index is 3.06. The SMILES string of the molecule is CC(C)N[C@@H](CS(=O)(=O)O)C(=O)N[C@@H](C(=O)N[C@@H](CCCNC(N)=O)C(=O)Nc1ccc(COC(=O)C(C)C)cc1)C(C)C. The molecule has 0 fully saturated rings. The van der Waals surface area contributed by atoms with Gasteiger partial charge in [-0.3, -0.25) is 23.7 Å². The third-order valence-electron chi connectivity index (χ3n) is 6.15. The van der Waals surface area contributed by atoms with Crippen molar-refractivity contribution >= 4 is 45.5 Å². The molecule has 0 radical (unpaired) electrons. The second kappa shape index (κ2) is 18.1. The second-order valence-electron chi connectivity index (χ2n) is 11.3. The van der Waals surface area contributed by atoms with Crippen molar-refractivity contribution in [3.63, 3.8) is 0 Å². The molecule has 0 saturated heterocycles. The molecule has 16 heteroatoms. The molecular formula is C28H46N6O9S. The first-order chi connectivity index (χ1) is 20.4. The fourth-order valence-electron chi connectivity index (χ4n) is 3.88. The second-order valence-corrected chi connectivity index (χ2v) is 12.8. The quantitative estimate of drug-likeness (QED) is 0.0671. The maximum atomic E-state index is 13.4. The molecule has 0 aliphatic carbocycles.